The van der Waals surface area contributed by atoms with Crippen molar-refractivity contribution in [1.29, 1.82) is 0 Å². The second kappa shape index (κ2) is 10.4. The molecule has 1 aromatic rings. The number of hydrogen-bond donors (Lipinski definition) is 1. The lowest BCUT2D eigenvalue weighted by atomic mass is 10.00. The van der Waals surface area contributed by atoms with Gasteiger partial charge in [-0.3, -0.25) is 4.79 Å². The maximum absolute atomic E-state index is 13.4. The van der Waals surface area contributed by atoms with Crippen LogP contribution in [0, 0.1) is 0 Å². The predicted molar refractivity (Wildman–Crippen MR) is 121 cm³/mol. The van der Waals surface area contributed by atoms with Crippen LogP contribution in [0.25, 0.3) is 0 Å². The second-order valence-electron chi connectivity index (χ2n) is 8.74. The van der Waals surface area contributed by atoms with E-state index in [1.54, 1.807) is 6.92 Å². The van der Waals surface area contributed by atoms with E-state index in [9.17, 15) is 9.90 Å². The van der Waals surface area contributed by atoms with Gasteiger partial charge in [0, 0.05) is 13.1 Å². The molecule has 0 radical (unpaired) electrons. The average molecular weight is 408 g/mol. The van der Waals surface area contributed by atoms with E-state index in [2.05, 4.69) is 41.5 Å². The van der Waals surface area contributed by atoms with Gasteiger partial charge in [-0.05, 0) is 55.4 Å². The van der Waals surface area contributed by atoms with Gasteiger partial charge in [0.2, 0.25) is 0 Å². The fraction of sp³-hybridized carbons (Fsp3) is 0.696. The molecule has 1 aromatic carbocycles. The molecule has 0 spiro atoms. The highest BCUT2D eigenvalue weighted by atomic mass is 28.4. The summed E-state index contributed by atoms with van der Waals surface area (Å²) in [6, 6.07) is 5.84. The summed E-state index contributed by atoms with van der Waals surface area (Å²) < 4.78 is 6.91. The molecule has 0 fully saturated rings. The fourth-order valence-electron chi connectivity index (χ4n) is 4.61. The van der Waals surface area contributed by atoms with Crippen molar-refractivity contribution in [3.8, 4) is 5.75 Å². The van der Waals surface area contributed by atoms with E-state index in [4.69, 9.17) is 4.43 Å². The molecule has 0 aliphatic carbocycles. The maximum atomic E-state index is 13.4. The Labute approximate surface area is 173 Å². The molecule has 5 heteroatoms. The van der Waals surface area contributed by atoms with Crippen molar-refractivity contribution in [2.45, 2.75) is 91.5 Å². The molecule has 4 nitrogen and oxygen atoms in total. The van der Waals surface area contributed by atoms with Gasteiger partial charge in [0.05, 0.1) is 11.7 Å². The van der Waals surface area contributed by atoms with E-state index in [1.165, 1.54) is 0 Å². The van der Waals surface area contributed by atoms with Gasteiger partial charge >= 0.3 is 0 Å². The van der Waals surface area contributed by atoms with Crippen molar-refractivity contribution in [3.05, 3.63) is 29.3 Å². The van der Waals surface area contributed by atoms with Crippen molar-refractivity contribution in [3.63, 3.8) is 0 Å². The Bertz CT molecular complexity index is 615. The summed E-state index contributed by atoms with van der Waals surface area (Å²) in [5.41, 5.74) is 2.76. The molecule has 0 bridgehead atoms. The van der Waals surface area contributed by atoms with Gasteiger partial charge in [-0.25, -0.2) is 0 Å². The Morgan fingerprint density at radius 3 is 1.89 bits per heavy atom. The normalized spacial score (nSPS) is 13.3. The van der Waals surface area contributed by atoms with Gasteiger partial charge in [0.15, 0.2) is 0 Å². The third-order valence-corrected chi connectivity index (χ3v) is 11.9. The summed E-state index contributed by atoms with van der Waals surface area (Å²) in [6.07, 6.45) is -0.0696. The Balaban J connectivity index is 3.63. The Morgan fingerprint density at radius 1 is 1.00 bits per heavy atom. The van der Waals surface area contributed by atoms with E-state index in [0.29, 0.717) is 47.4 Å². The summed E-state index contributed by atoms with van der Waals surface area (Å²) in [6.45, 7) is 20.5. The fourth-order valence-corrected chi connectivity index (χ4v) is 9.86. The van der Waals surface area contributed by atoms with Crippen LogP contribution in [0.1, 0.15) is 78.2 Å². The van der Waals surface area contributed by atoms with Gasteiger partial charge in [0.1, 0.15) is 5.75 Å². The van der Waals surface area contributed by atoms with Crippen molar-refractivity contribution in [2.24, 2.45) is 0 Å². The van der Waals surface area contributed by atoms with Crippen LogP contribution in [-0.2, 0) is 6.42 Å². The summed E-state index contributed by atoms with van der Waals surface area (Å²) >= 11 is 0. The lowest BCUT2D eigenvalue weighted by Gasteiger charge is -2.42. The first-order valence-electron chi connectivity index (χ1n) is 10.8. The SMILES string of the molecule is CCN(CC)C(=O)c1c(C[C@H](C)O)cccc1O[Si](C(C)C)(C(C)C)C(C)C. The van der Waals surface area contributed by atoms with Crippen LogP contribution in [0.3, 0.4) is 0 Å². The summed E-state index contributed by atoms with van der Waals surface area (Å²) in [5.74, 6) is 0.688. The first-order chi connectivity index (χ1) is 13.0. The Hall–Kier alpha value is -1.33. The maximum Gasteiger partial charge on any atom is 0.258 e. The zero-order chi connectivity index (χ0) is 21.6. The molecule has 0 aromatic heterocycles. The second-order valence-corrected chi connectivity index (χ2v) is 14.1. The lowest BCUT2D eigenvalue weighted by Crippen LogP contribution is -2.51. The number of amides is 1. The molecule has 1 amide bonds. The van der Waals surface area contributed by atoms with Crippen LogP contribution in [0.15, 0.2) is 18.2 Å². The molecule has 1 atom stereocenters. The van der Waals surface area contributed by atoms with Crippen LogP contribution in [-0.4, -0.2) is 43.4 Å². The van der Waals surface area contributed by atoms with Crippen LogP contribution < -0.4 is 4.43 Å². The minimum Gasteiger partial charge on any atom is -0.542 e. The number of rotatable bonds is 10. The predicted octanol–water partition coefficient (Wildman–Crippen LogP) is 5.65. The first kappa shape index (κ1) is 24.7. The van der Waals surface area contributed by atoms with Gasteiger partial charge in [0.25, 0.3) is 14.2 Å². The van der Waals surface area contributed by atoms with Crippen molar-refractivity contribution in [1.82, 2.24) is 4.90 Å². The molecule has 1 rings (SSSR count). The lowest BCUT2D eigenvalue weighted by molar-refractivity contribution is 0.0769. The van der Waals surface area contributed by atoms with Gasteiger partial charge in [-0.2, -0.15) is 0 Å². The third kappa shape index (κ3) is 5.18. The molecule has 0 saturated carbocycles. The zero-order valence-corrected chi connectivity index (χ0v) is 20.4. The summed E-state index contributed by atoms with van der Waals surface area (Å²) in [5, 5.41) is 10.00. The van der Waals surface area contributed by atoms with Crippen LogP contribution >= 0.6 is 0 Å². The molecule has 160 valence electrons. The van der Waals surface area contributed by atoms with Crippen molar-refractivity contribution < 1.29 is 14.3 Å². The van der Waals surface area contributed by atoms with E-state index >= 15 is 0 Å². The highest BCUT2D eigenvalue weighted by Gasteiger charge is 2.47. The molecule has 0 aliphatic rings. The minimum absolute atomic E-state index is 0.00424. The molecule has 0 unspecified atom stereocenters. The number of aliphatic hydroxyl groups excluding tert-OH is 1. The van der Waals surface area contributed by atoms with Gasteiger partial charge in [-0.1, -0.05) is 53.7 Å². The van der Waals surface area contributed by atoms with Crippen LogP contribution in [0.2, 0.25) is 16.6 Å². The summed E-state index contributed by atoms with van der Waals surface area (Å²) in [4.78, 5) is 15.2. The smallest absolute Gasteiger partial charge is 0.258 e. The standard InChI is InChI=1S/C23H41NO3Si/c1-10-24(11-2)23(26)22-20(15-19(9)25)13-12-14-21(22)27-28(16(3)4,17(5)6)18(7)8/h12-14,16-19,25H,10-11,15H2,1-9H3/t19-/m0/s1. The van der Waals surface area contributed by atoms with Crippen LogP contribution in [0.5, 0.6) is 5.75 Å². The zero-order valence-electron chi connectivity index (χ0n) is 19.4. The van der Waals surface area contributed by atoms with Crippen LogP contribution in [0.4, 0.5) is 0 Å². The molecule has 0 heterocycles. The van der Waals surface area contributed by atoms with E-state index < -0.39 is 14.4 Å². The molecule has 28 heavy (non-hydrogen) atoms. The molecular weight excluding hydrogens is 366 g/mol. The molecule has 0 aliphatic heterocycles. The van der Waals surface area contributed by atoms with Crippen molar-refractivity contribution >= 4 is 14.2 Å². The molecular formula is C23H41NO3Si. The quantitative estimate of drug-likeness (QED) is 0.510. The Morgan fingerprint density at radius 2 is 1.50 bits per heavy atom. The monoisotopic (exact) mass is 407 g/mol. The number of aliphatic hydroxyl groups is 1. The topological polar surface area (TPSA) is 49.8 Å². The summed E-state index contributed by atoms with van der Waals surface area (Å²) in [7, 11) is -2.20. The number of hydrogen-bond acceptors (Lipinski definition) is 3. The van der Waals surface area contributed by atoms with E-state index in [1.807, 2.05) is 36.9 Å². The third-order valence-electron chi connectivity index (χ3n) is 5.89. The number of benzene rings is 1. The van der Waals surface area contributed by atoms with E-state index in [0.717, 1.165) is 5.56 Å². The highest BCUT2D eigenvalue weighted by Crippen LogP contribution is 2.44. The molecule has 0 saturated heterocycles. The highest BCUT2D eigenvalue weighted by molar-refractivity contribution is 6.78. The number of nitrogens with zero attached hydrogens (tertiary/aromatic N) is 1. The molecule has 1 N–H and O–H groups in total. The number of carbonyl (C=O) groups is 1. The Kier molecular flexibility index (Phi) is 9.22. The van der Waals surface area contributed by atoms with Gasteiger partial charge < -0.3 is 14.4 Å². The average Bonchev–Trinajstić information content (AvgIpc) is 2.59. The number of carbonyl (C=O) groups excluding carboxylic acids is 1. The van der Waals surface area contributed by atoms with E-state index in [-0.39, 0.29) is 5.91 Å². The largest absolute Gasteiger partial charge is 0.542 e. The van der Waals surface area contributed by atoms with Crippen molar-refractivity contribution in [2.75, 3.05) is 13.1 Å². The van der Waals surface area contributed by atoms with Gasteiger partial charge in [-0.15, -0.1) is 0 Å². The first-order valence-corrected chi connectivity index (χ1v) is 12.9. The minimum atomic E-state index is -2.20.